The summed E-state index contributed by atoms with van der Waals surface area (Å²) in [5.41, 5.74) is 2.99. The predicted octanol–water partition coefficient (Wildman–Crippen LogP) is 4.42. The first kappa shape index (κ1) is 18.7. The molecule has 0 spiro atoms. The number of aromatic amines is 1. The van der Waals surface area contributed by atoms with Crippen molar-refractivity contribution in [3.63, 3.8) is 0 Å². The van der Waals surface area contributed by atoms with E-state index in [-0.39, 0.29) is 16.9 Å². The zero-order valence-corrected chi connectivity index (χ0v) is 17.2. The molecule has 0 radical (unpaired) electrons. The van der Waals surface area contributed by atoms with Gasteiger partial charge in [-0.2, -0.15) is 5.10 Å². The van der Waals surface area contributed by atoms with Gasteiger partial charge in [-0.15, -0.1) is 0 Å². The molecule has 0 unspecified atom stereocenters. The lowest BCUT2D eigenvalue weighted by molar-refractivity contribution is -0.117. The summed E-state index contributed by atoms with van der Waals surface area (Å²) in [5, 5.41) is 7.31. The van der Waals surface area contributed by atoms with Crippen LogP contribution in [0, 0.1) is 0 Å². The van der Waals surface area contributed by atoms with Crippen molar-refractivity contribution in [3.8, 4) is 0 Å². The molecule has 28 heavy (non-hydrogen) atoms. The summed E-state index contributed by atoms with van der Waals surface area (Å²) >= 11 is 1.38. The summed E-state index contributed by atoms with van der Waals surface area (Å²) in [4.78, 5) is 19.3. The summed E-state index contributed by atoms with van der Waals surface area (Å²) in [5.74, 6) is 0.392. The summed E-state index contributed by atoms with van der Waals surface area (Å²) in [6.07, 6.45) is 2.30. The van der Waals surface area contributed by atoms with Gasteiger partial charge in [-0.3, -0.25) is 9.89 Å². The third-order valence-corrected chi connectivity index (χ3v) is 6.38. The lowest BCUT2D eigenvalue weighted by atomic mass is 9.65. The third-order valence-electron chi connectivity index (χ3n) is 5.52. The van der Waals surface area contributed by atoms with Crippen LogP contribution < -0.4 is 4.90 Å². The number of hydrogen-bond acceptors (Lipinski definition) is 4. The number of thioether (sulfide) groups is 1. The number of aromatic nitrogens is 3. The number of para-hydroxylation sites is 1. The Morgan fingerprint density at radius 1 is 1.11 bits per heavy atom. The van der Waals surface area contributed by atoms with E-state index in [1.54, 1.807) is 0 Å². The Balaban J connectivity index is 1.73. The molecule has 1 N–H and O–H groups in total. The van der Waals surface area contributed by atoms with E-state index < -0.39 is 0 Å². The zero-order valence-electron chi connectivity index (χ0n) is 16.3. The number of fused-ring (bicyclic) bond motifs is 1. The standard InChI is InChI=1S/C22H24N4OS/c1-21(2)14-22(3,16-9-5-4-6-10-16)17-11-7-8-12-18(17)26(21)19(27)13-28-20-23-15-24-25-20/h4-12,15H,13-14H2,1-3H3,(H,23,24,25)/t22-/m1/s1. The van der Waals surface area contributed by atoms with Crippen molar-refractivity contribution in [1.29, 1.82) is 0 Å². The summed E-state index contributed by atoms with van der Waals surface area (Å²) in [6.45, 7) is 6.59. The smallest absolute Gasteiger partial charge is 0.237 e. The van der Waals surface area contributed by atoms with Crippen LogP contribution in [-0.4, -0.2) is 32.4 Å². The van der Waals surface area contributed by atoms with Crippen molar-refractivity contribution in [2.24, 2.45) is 0 Å². The molecule has 0 bridgehead atoms. The number of benzene rings is 2. The van der Waals surface area contributed by atoms with Crippen LogP contribution in [0.2, 0.25) is 0 Å². The fraction of sp³-hybridized carbons (Fsp3) is 0.318. The molecular weight excluding hydrogens is 368 g/mol. The van der Waals surface area contributed by atoms with Crippen LogP contribution in [0.3, 0.4) is 0 Å². The molecule has 2 heterocycles. The van der Waals surface area contributed by atoms with Crippen LogP contribution in [-0.2, 0) is 10.2 Å². The topological polar surface area (TPSA) is 61.9 Å². The molecule has 1 aromatic heterocycles. The molecule has 1 amide bonds. The van der Waals surface area contributed by atoms with Crippen LogP contribution in [0.5, 0.6) is 0 Å². The first-order valence-corrected chi connectivity index (χ1v) is 10.4. The molecule has 144 valence electrons. The maximum Gasteiger partial charge on any atom is 0.237 e. The van der Waals surface area contributed by atoms with E-state index in [9.17, 15) is 4.79 Å². The lowest BCUT2D eigenvalue weighted by Crippen LogP contribution is -2.56. The van der Waals surface area contributed by atoms with Gasteiger partial charge in [-0.1, -0.05) is 67.2 Å². The first-order valence-electron chi connectivity index (χ1n) is 9.38. The summed E-state index contributed by atoms with van der Waals surface area (Å²) < 4.78 is 0. The second-order valence-corrected chi connectivity index (χ2v) is 8.98. The molecule has 0 fully saturated rings. The number of H-pyrrole nitrogens is 1. The molecule has 1 atom stereocenters. The highest BCUT2D eigenvalue weighted by Gasteiger charge is 2.47. The molecular formula is C22H24N4OS. The minimum absolute atomic E-state index is 0.0777. The minimum atomic E-state index is -0.321. The van der Waals surface area contributed by atoms with Gasteiger partial charge in [-0.05, 0) is 37.5 Å². The lowest BCUT2D eigenvalue weighted by Gasteiger charge is -2.51. The monoisotopic (exact) mass is 392 g/mol. The van der Waals surface area contributed by atoms with Crippen LogP contribution in [0.25, 0.3) is 0 Å². The second kappa shape index (κ2) is 7.09. The summed E-state index contributed by atoms with van der Waals surface area (Å²) in [6, 6.07) is 18.9. The molecule has 4 rings (SSSR count). The maximum absolute atomic E-state index is 13.3. The number of hydrogen-bond donors (Lipinski definition) is 1. The van der Waals surface area contributed by atoms with Gasteiger partial charge < -0.3 is 4.90 Å². The van der Waals surface area contributed by atoms with E-state index in [4.69, 9.17) is 0 Å². The average Bonchev–Trinajstić information content (AvgIpc) is 3.20. The van der Waals surface area contributed by atoms with Crippen molar-refractivity contribution < 1.29 is 4.79 Å². The van der Waals surface area contributed by atoms with E-state index in [0.717, 1.165) is 12.1 Å². The van der Waals surface area contributed by atoms with Gasteiger partial charge in [0.15, 0.2) is 5.16 Å². The van der Waals surface area contributed by atoms with Crippen LogP contribution in [0.1, 0.15) is 38.3 Å². The number of rotatable bonds is 4. The van der Waals surface area contributed by atoms with Crippen molar-refractivity contribution in [2.75, 3.05) is 10.7 Å². The van der Waals surface area contributed by atoms with E-state index in [1.807, 2.05) is 17.0 Å². The van der Waals surface area contributed by atoms with Gasteiger partial charge in [0.05, 0.1) is 5.75 Å². The Kier molecular flexibility index (Phi) is 4.75. The molecule has 5 nitrogen and oxygen atoms in total. The van der Waals surface area contributed by atoms with E-state index in [1.165, 1.54) is 29.2 Å². The fourth-order valence-corrected chi connectivity index (χ4v) is 5.12. The van der Waals surface area contributed by atoms with E-state index >= 15 is 0 Å². The Hall–Kier alpha value is -2.60. The normalized spacial score (nSPS) is 20.6. The molecule has 0 saturated heterocycles. The van der Waals surface area contributed by atoms with Crippen molar-refractivity contribution in [1.82, 2.24) is 15.2 Å². The molecule has 2 aromatic carbocycles. The van der Waals surface area contributed by atoms with Gasteiger partial charge in [0.1, 0.15) is 6.33 Å². The number of anilines is 1. The average molecular weight is 393 g/mol. The highest BCUT2D eigenvalue weighted by molar-refractivity contribution is 7.99. The van der Waals surface area contributed by atoms with E-state index in [0.29, 0.717) is 10.9 Å². The number of carbonyl (C=O) groups excluding carboxylic acids is 1. The number of carbonyl (C=O) groups is 1. The fourth-order valence-electron chi connectivity index (χ4n) is 4.49. The molecule has 1 aliphatic rings. The second-order valence-electron chi connectivity index (χ2n) is 8.01. The highest BCUT2D eigenvalue weighted by atomic mass is 32.2. The van der Waals surface area contributed by atoms with Crippen LogP contribution in [0.15, 0.2) is 66.1 Å². The molecule has 6 heteroatoms. The minimum Gasteiger partial charge on any atom is -0.306 e. The van der Waals surface area contributed by atoms with Gasteiger partial charge in [-0.25, -0.2) is 4.98 Å². The van der Waals surface area contributed by atoms with Crippen molar-refractivity contribution >= 4 is 23.4 Å². The third kappa shape index (κ3) is 3.22. The first-order chi connectivity index (χ1) is 13.4. The number of nitrogens with one attached hydrogen (secondary N) is 1. The number of amides is 1. The number of nitrogens with zero attached hydrogens (tertiary/aromatic N) is 3. The predicted molar refractivity (Wildman–Crippen MR) is 113 cm³/mol. The van der Waals surface area contributed by atoms with Crippen molar-refractivity contribution in [3.05, 3.63) is 72.1 Å². The molecule has 3 aromatic rings. The molecule has 0 saturated carbocycles. The van der Waals surface area contributed by atoms with Gasteiger partial charge in [0.25, 0.3) is 0 Å². The van der Waals surface area contributed by atoms with Gasteiger partial charge in [0.2, 0.25) is 5.91 Å². The van der Waals surface area contributed by atoms with Crippen LogP contribution >= 0.6 is 11.8 Å². The van der Waals surface area contributed by atoms with Gasteiger partial charge >= 0.3 is 0 Å². The summed E-state index contributed by atoms with van der Waals surface area (Å²) in [7, 11) is 0. The SMILES string of the molecule is CC1(C)C[C@](C)(c2ccccc2)c2ccccc2N1C(=O)CSc1ncn[nH]1. The highest BCUT2D eigenvalue weighted by Crippen LogP contribution is 2.50. The molecule has 0 aliphatic carbocycles. The van der Waals surface area contributed by atoms with Crippen LogP contribution in [0.4, 0.5) is 5.69 Å². The quantitative estimate of drug-likeness (QED) is 0.668. The van der Waals surface area contributed by atoms with Crippen molar-refractivity contribution in [2.45, 2.75) is 43.3 Å². The Labute approximate surface area is 169 Å². The Morgan fingerprint density at radius 3 is 2.54 bits per heavy atom. The maximum atomic E-state index is 13.3. The zero-order chi connectivity index (χ0) is 19.8. The molecule has 1 aliphatic heterocycles. The largest absolute Gasteiger partial charge is 0.306 e. The van der Waals surface area contributed by atoms with Gasteiger partial charge in [0, 0.05) is 16.6 Å². The van der Waals surface area contributed by atoms with E-state index in [2.05, 4.69) is 78.4 Å². The Bertz CT molecular complexity index is 971. The Morgan fingerprint density at radius 2 is 1.82 bits per heavy atom.